The number of H-pyrrole nitrogens is 1. The zero-order valence-electron chi connectivity index (χ0n) is 18.8. The maximum absolute atomic E-state index is 13.5. The van der Waals surface area contributed by atoms with E-state index >= 15 is 0 Å². The molecule has 33 heavy (non-hydrogen) atoms. The van der Waals surface area contributed by atoms with Crippen molar-refractivity contribution < 1.29 is 9.53 Å². The van der Waals surface area contributed by atoms with Gasteiger partial charge in [0.25, 0.3) is 0 Å². The Balaban J connectivity index is 1.45. The standard InChI is InChI=1S/C25H27N5O2S/c1-17-22(20-10-6-7-11-21(20)26-17)23(31)18(2)33-25-28-27-24(29-12-14-32-15-13-29)30(25)16-19-8-4-3-5-9-19/h3-11,18,26H,12-16H2,1-2H3/t18-/m0/s1. The van der Waals surface area contributed by atoms with E-state index in [1.54, 1.807) is 0 Å². The maximum atomic E-state index is 13.5. The summed E-state index contributed by atoms with van der Waals surface area (Å²) in [5.41, 5.74) is 3.80. The topological polar surface area (TPSA) is 76.0 Å². The van der Waals surface area contributed by atoms with Crippen molar-refractivity contribution >= 4 is 34.4 Å². The van der Waals surface area contributed by atoms with E-state index in [4.69, 9.17) is 4.74 Å². The highest BCUT2D eigenvalue weighted by molar-refractivity contribution is 8.00. The van der Waals surface area contributed by atoms with Crippen molar-refractivity contribution in [2.24, 2.45) is 0 Å². The minimum atomic E-state index is -0.306. The quantitative estimate of drug-likeness (QED) is 0.326. The Hall–Kier alpha value is -3.10. The van der Waals surface area contributed by atoms with Crippen LogP contribution in [0.3, 0.4) is 0 Å². The average Bonchev–Trinajstić information content (AvgIpc) is 3.39. The number of rotatable bonds is 7. The first-order chi connectivity index (χ1) is 16.1. The van der Waals surface area contributed by atoms with Gasteiger partial charge < -0.3 is 14.6 Å². The van der Waals surface area contributed by atoms with Gasteiger partial charge in [0.2, 0.25) is 5.95 Å². The number of aryl methyl sites for hydroxylation is 1. The first kappa shape index (κ1) is 21.7. The molecule has 5 rings (SSSR count). The third-order valence-corrected chi connectivity index (χ3v) is 7.05. The average molecular weight is 462 g/mol. The number of anilines is 1. The van der Waals surface area contributed by atoms with Crippen LogP contribution in [-0.4, -0.2) is 57.1 Å². The molecule has 1 aliphatic rings. The number of thioether (sulfide) groups is 1. The zero-order valence-corrected chi connectivity index (χ0v) is 19.6. The molecule has 170 valence electrons. The number of para-hydroxylation sites is 1. The lowest BCUT2D eigenvalue weighted by atomic mass is 10.1. The largest absolute Gasteiger partial charge is 0.378 e. The third-order valence-electron chi connectivity index (χ3n) is 5.97. The molecule has 0 unspecified atom stereocenters. The number of Topliss-reactive ketones (excluding diaryl/α,β-unsaturated/α-hetero) is 1. The Bertz CT molecular complexity index is 1260. The van der Waals surface area contributed by atoms with E-state index in [1.807, 2.05) is 56.3 Å². The smallest absolute Gasteiger partial charge is 0.228 e. The van der Waals surface area contributed by atoms with Gasteiger partial charge in [0.15, 0.2) is 10.9 Å². The van der Waals surface area contributed by atoms with Crippen LogP contribution in [0.15, 0.2) is 59.8 Å². The molecule has 1 aliphatic heterocycles. The number of aromatic nitrogens is 4. The van der Waals surface area contributed by atoms with Crippen LogP contribution in [0.2, 0.25) is 0 Å². The van der Waals surface area contributed by atoms with Gasteiger partial charge in [-0.3, -0.25) is 9.36 Å². The van der Waals surface area contributed by atoms with Crippen LogP contribution in [0.5, 0.6) is 0 Å². The highest BCUT2D eigenvalue weighted by atomic mass is 32.2. The van der Waals surface area contributed by atoms with Crippen molar-refractivity contribution in [3.8, 4) is 0 Å². The van der Waals surface area contributed by atoms with E-state index < -0.39 is 0 Å². The summed E-state index contributed by atoms with van der Waals surface area (Å²) < 4.78 is 7.64. The lowest BCUT2D eigenvalue weighted by Gasteiger charge is -2.28. The molecule has 4 aromatic rings. The van der Waals surface area contributed by atoms with Crippen LogP contribution in [-0.2, 0) is 11.3 Å². The number of ether oxygens (including phenoxy) is 1. The van der Waals surface area contributed by atoms with Crippen molar-refractivity contribution in [1.82, 2.24) is 19.7 Å². The molecule has 3 heterocycles. The summed E-state index contributed by atoms with van der Waals surface area (Å²) in [7, 11) is 0. The second kappa shape index (κ2) is 9.41. The number of ketones is 1. The van der Waals surface area contributed by atoms with E-state index in [1.165, 1.54) is 17.3 Å². The molecule has 2 aromatic heterocycles. The first-order valence-corrected chi connectivity index (χ1v) is 12.1. The van der Waals surface area contributed by atoms with Crippen LogP contribution >= 0.6 is 11.8 Å². The molecule has 1 atom stereocenters. The number of nitrogens with one attached hydrogen (secondary N) is 1. The van der Waals surface area contributed by atoms with Gasteiger partial charge in [0.1, 0.15) is 0 Å². The fourth-order valence-electron chi connectivity index (χ4n) is 4.28. The summed E-state index contributed by atoms with van der Waals surface area (Å²) in [6, 6.07) is 18.2. The second-order valence-electron chi connectivity index (χ2n) is 8.25. The molecular formula is C25H27N5O2S. The number of aromatic amines is 1. The molecule has 1 fully saturated rings. The molecule has 8 heteroatoms. The summed E-state index contributed by atoms with van der Waals surface area (Å²) in [4.78, 5) is 19.0. The molecule has 7 nitrogen and oxygen atoms in total. The van der Waals surface area contributed by atoms with Crippen LogP contribution in [0.25, 0.3) is 10.9 Å². The van der Waals surface area contributed by atoms with Gasteiger partial charge in [-0.25, -0.2) is 0 Å². The lowest BCUT2D eigenvalue weighted by Crippen LogP contribution is -2.38. The summed E-state index contributed by atoms with van der Waals surface area (Å²) in [6.07, 6.45) is 0. The van der Waals surface area contributed by atoms with E-state index in [-0.39, 0.29) is 11.0 Å². The third kappa shape index (κ3) is 4.41. The zero-order chi connectivity index (χ0) is 22.8. The number of morpholine rings is 1. The predicted octanol–water partition coefficient (Wildman–Crippen LogP) is 4.32. The normalized spacial score (nSPS) is 15.2. The molecular weight excluding hydrogens is 434 g/mol. The first-order valence-electron chi connectivity index (χ1n) is 11.2. The number of carbonyl (C=O) groups is 1. The van der Waals surface area contributed by atoms with Gasteiger partial charge in [-0.05, 0) is 25.5 Å². The second-order valence-corrected chi connectivity index (χ2v) is 9.56. The fraction of sp³-hybridized carbons (Fsp3) is 0.320. The molecule has 0 saturated carbocycles. The molecule has 2 aromatic carbocycles. The maximum Gasteiger partial charge on any atom is 0.228 e. The number of hydrogen-bond donors (Lipinski definition) is 1. The van der Waals surface area contributed by atoms with Crippen LogP contribution < -0.4 is 4.90 Å². The number of fused-ring (bicyclic) bond motifs is 1. The Morgan fingerprint density at radius 1 is 1.09 bits per heavy atom. The van der Waals surface area contributed by atoms with Crippen molar-refractivity contribution in [2.45, 2.75) is 30.8 Å². The summed E-state index contributed by atoms with van der Waals surface area (Å²) >= 11 is 1.47. The molecule has 1 saturated heterocycles. The van der Waals surface area contributed by atoms with Gasteiger partial charge in [-0.2, -0.15) is 0 Å². The van der Waals surface area contributed by atoms with Gasteiger partial charge in [-0.1, -0.05) is 60.3 Å². The summed E-state index contributed by atoms with van der Waals surface area (Å²) in [6.45, 7) is 7.46. The Morgan fingerprint density at radius 2 is 1.82 bits per heavy atom. The number of carbonyl (C=O) groups excluding carboxylic acids is 1. The van der Waals surface area contributed by atoms with E-state index in [9.17, 15) is 4.79 Å². The molecule has 0 amide bonds. The number of nitrogens with zero attached hydrogens (tertiary/aromatic N) is 4. The van der Waals surface area contributed by atoms with Gasteiger partial charge in [0.05, 0.1) is 25.0 Å². The Morgan fingerprint density at radius 3 is 2.61 bits per heavy atom. The monoisotopic (exact) mass is 461 g/mol. The number of hydrogen-bond acceptors (Lipinski definition) is 6. The Labute approximate surface area is 197 Å². The molecule has 0 radical (unpaired) electrons. The SMILES string of the molecule is Cc1[nH]c2ccccc2c1C(=O)[C@H](C)Sc1nnc(N2CCOCC2)n1Cc1ccccc1. The molecule has 1 N–H and O–H groups in total. The van der Waals surface area contributed by atoms with Crippen molar-refractivity contribution in [3.05, 3.63) is 71.4 Å². The minimum absolute atomic E-state index is 0.0946. The molecule has 0 bridgehead atoms. The summed E-state index contributed by atoms with van der Waals surface area (Å²) in [5, 5.41) is 10.4. The highest BCUT2D eigenvalue weighted by Crippen LogP contribution is 2.31. The van der Waals surface area contributed by atoms with Crippen LogP contribution in [0, 0.1) is 6.92 Å². The van der Waals surface area contributed by atoms with Crippen molar-refractivity contribution in [3.63, 3.8) is 0 Å². The van der Waals surface area contributed by atoms with Crippen LogP contribution in [0.4, 0.5) is 5.95 Å². The molecule has 0 spiro atoms. The van der Waals surface area contributed by atoms with Crippen molar-refractivity contribution in [2.75, 3.05) is 31.2 Å². The fourth-order valence-corrected chi connectivity index (χ4v) is 5.18. The van der Waals surface area contributed by atoms with Gasteiger partial charge in [-0.15, -0.1) is 10.2 Å². The van der Waals surface area contributed by atoms with Crippen LogP contribution in [0.1, 0.15) is 28.5 Å². The predicted molar refractivity (Wildman–Crippen MR) is 131 cm³/mol. The van der Waals surface area contributed by atoms with E-state index in [0.717, 1.165) is 46.4 Å². The van der Waals surface area contributed by atoms with E-state index in [0.29, 0.717) is 19.8 Å². The van der Waals surface area contributed by atoms with Crippen molar-refractivity contribution in [1.29, 1.82) is 0 Å². The number of benzene rings is 2. The highest BCUT2D eigenvalue weighted by Gasteiger charge is 2.26. The van der Waals surface area contributed by atoms with Gasteiger partial charge in [0, 0.05) is 35.2 Å². The Kier molecular flexibility index (Phi) is 6.20. The summed E-state index contributed by atoms with van der Waals surface area (Å²) in [5.74, 6) is 0.921. The van der Waals surface area contributed by atoms with Gasteiger partial charge >= 0.3 is 0 Å². The minimum Gasteiger partial charge on any atom is -0.378 e. The molecule has 0 aliphatic carbocycles. The lowest BCUT2D eigenvalue weighted by molar-refractivity contribution is 0.0995. The van der Waals surface area contributed by atoms with E-state index in [2.05, 4.69) is 36.8 Å².